The molecular formula is C8H6ClNO2. The number of methoxy groups -OCH3 is 1. The first kappa shape index (κ1) is 7.43. The molecule has 12 heavy (non-hydrogen) atoms. The van der Waals surface area contributed by atoms with Crippen LogP contribution in [0, 0.1) is 0 Å². The Balaban J connectivity index is 2.67. The number of aromatic nitrogens is 1. The number of hydrogen-bond donors (Lipinski definition) is 0. The van der Waals surface area contributed by atoms with Crippen molar-refractivity contribution in [2.24, 2.45) is 0 Å². The van der Waals surface area contributed by atoms with Crippen LogP contribution >= 0.6 is 11.6 Å². The van der Waals surface area contributed by atoms with E-state index < -0.39 is 0 Å². The number of ether oxygens (including phenoxy) is 1. The van der Waals surface area contributed by atoms with Crippen molar-refractivity contribution < 1.29 is 9.15 Å². The first-order valence-electron chi connectivity index (χ1n) is 3.39. The third kappa shape index (κ3) is 1.12. The molecular weight excluding hydrogens is 178 g/mol. The molecule has 1 aromatic carbocycles. The minimum atomic E-state index is 0.257. The van der Waals surface area contributed by atoms with Crippen molar-refractivity contribution >= 4 is 22.7 Å². The van der Waals surface area contributed by atoms with Gasteiger partial charge in [0.2, 0.25) is 0 Å². The minimum Gasteiger partial charge on any atom is -0.453 e. The van der Waals surface area contributed by atoms with Crippen LogP contribution in [0.5, 0.6) is 6.08 Å². The largest absolute Gasteiger partial charge is 0.453 e. The third-order valence-corrected chi connectivity index (χ3v) is 1.74. The Morgan fingerprint density at radius 3 is 3.08 bits per heavy atom. The highest BCUT2D eigenvalue weighted by atomic mass is 35.5. The van der Waals surface area contributed by atoms with E-state index in [9.17, 15) is 0 Å². The lowest BCUT2D eigenvalue weighted by atomic mass is 10.3. The molecule has 0 atom stereocenters. The maximum Gasteiger partial charge on any atom is 0.394 e. The van der Waals surface area contributed by atoms with Crippen molar-refractivity contribution in [3.63, 3.8) is 0 Å². The summed E-state index contributed by atoms with van der Waals surface area (Å²) >= 11 is 5.75. The topological polar surface area (TPSA) is 35.3 Å². The second-order valence-electron chi connectivity index (χ2n) is 2.30. The summed E-state index contributed by atoms with van der Waals surface area (Å²) in [7, 11) is 1.51. The smallest absolute Gasteiger partial charge is 0.394 e. The van der Waals surface area contributed by atoms with Crippen molar-refractivity contribution in [3.05, 3.63) is 23.2 Å². The van der Waals surface area contributed by atoms with Crippen molar-refractivity contribution in [1.29, 1.82) is 0 Å². The van der Waals surface area contributed by atoms with Gasteiger partial charge in [-0.2, -0.15) is 4.98 Å². The average molecular weight is 184 g/mol. The van der Waals surface area contributed by atoms with Gasteiger partial charge in [0, 0.05) is 5.02 Å². The fraction of sp³-hybridized carbons (Fsp3) is 0.125. The molecule has 0 fully saturated rings. The molecule has 0 unspecified atom stereocenters. The molecule has 0 aliphatic rings. The van der Waals surface area contributed by atoms with E-state index in [0.717, 1.165) is 0 Å². The summed E-state index contributed by atoms with van der Waals surface area (Å²) in [5.41, 5.74) is 1.38. The van der Waals surface area contributed by atoms with Crippen LogP contribution < -0.4 is 4.74 Å². The Hall–Kier alpha value is -1.22. The van der Waals surface area contributed by atoms with Crippen LogP contribution in [0.1, 0.15) is 0 Å². The summed E-state index contributed by atoms with van der Waals surface area (Å²) in [6.07, 6.45) is 0.257. The number of oxazole rings is 1. The second-order valence-corrected chi connectivity index (χ2v) is 2.73. The van der Waals surface area contributed by atoms with Gasteiger partial charge in [-0.15, -0.1) is 0 Å². The Bertz CT molecular complexity index is 410. The van der Waals surface area contributed by atoms with E-state index in [-0.39, 0.29) is 6.08 Å². The minimum absolute atomic E-state index is 0.257. The van der Waals surface area contributed by atoms with Gasteiger partial charge in [-0.25, -0.2) is 0 Å². The fourth-order valence-electron chi connectivity index (χ4n) is 0.967. The summed E-state index contributed by atoms with van der Waals surface area (Å²) in [5, 5.41) is 0.637. The molecule has 0 radical (unpaired) electrons. The Morgan fingerprint density at radius 2 is 2.33 bits per heavy atom. The van der Waals surface area contributed by atoms with E-state index in [1.165, 1.54) is 7.11 Å². The van der Waals surface area contributed by atoms with Gasteiger partial charge in [0.05, 0.1) is 7.11 Å². The van der Waals surface area contributed by atoms with Crippen molar-refractivity contribution in [2.45, 2.75) is 0 Å². The zero-order valence-electron chi connectivity index (χ0n) is 6.37. The van der Waals surface area contributed by atoms with Crippen LogP contribution in [0.25, 0.3) is 11.1 Å². The monoisotopic (exact) mass is 183 g/mol. The summed E-state index contributed by atoms with van der Waals surface area (Å²) in [5.74, 6) is 0. The number of halogens is 1. The molecule has 0 saturated heterocycles. The Kier molecular flexibility index (Phi) is 1.66. The van der Waals surface area contributed by atoms with Gasteiger partial charge in [0.25, 0.3) is 0 Å². The highest BCUT2D eigenvalue weighted by Gasteiger charge is 2.04. The third-order valence-electron chi connectivity index (χ3n) is 1.50. The number of benzene rings is 1. The van der Waals surface area contributed by atoms with Gasteiger partial charge >= 0.3 is 6.08 Å². The molecule has 0 saturated carbocycles. The van der Waals surface area contributed by atoms with Crippen LogP contribution in [-0.4, -0.2) is 12.1 Å². The molecule has 3 nitrogen and oxygen atoms in total. The number of rotatable bonds is 1. The maximum absolute atomic E-state index is 5.75. The Labute approximate surface area is 73.9 Å². The van der Waals surface area contributed by atoms with E-state index in [0.29, 0.717) is 16.1 Å². The van der Waals surface area contributed by atoms with Gasteiger partial charge in [0.15, 0.2) is 5.58 Å². The summed E-state index contributed by atoms with van der Waals surface area (Å²) in [4.78, 5) is 4.02. The van der Waals surface area contributed by atoms with Gasteiger partial charge in [-0.05, 0) is 18.2 Å². The van der Waals surface area contributed by atoms with E-state index >= 15 is 0 Å². The molecule has 4 heteroatoms. The highest BCUT2D eigenvalue weighted by Crippen LogP contribution is 2.22. The van der Waals surface area contributed by atoms with Gasteiger partial charge in [-0.3, -0.25) is 0 Å². The Morgan fingerprint density at radius 1 is 1.50 bits per heavy atom. The first-order valence-corrected chi connectivity index (χ1v) is 3.77. The molecule has 0 aliphatic carbocycles. The van der Waals surface area contributed by atoms with Crippen LogP contribution in [0.3, 0.4) is 0 Å². The summed E-state index contributed by atoms with van der Waals surface area (Å²) in [6, 6.07) is 5.23. The van der Waals surface area contributed by atoms with E-state index in [2.05, 4.69) is 4.98 Å². The average Bonchev–Trinajstić information content (AvgIpc) is 2.46. The lowest BCUT2D eigenvalue weighted by molar-refractivity contribution is 0.299. The van der Waals surface area contributed by atoms with Gasteiger partial charge in [-0.1, -0.05) is 11.6 Å². The molecule has 1 aromatic heterocycles. The summed E-state index contributed by atoms with van der Waals surface area (Å²) < 4.78 is 10.00. The second kappa shape index (κ2) is 2.68. The van der Waals surface area contributed by atoms with E-state index in [1.54, 1.807) is 18.2 Å². The van der Waals surface area contributed by atoms with Gasteiger partial charge in [0.1, 0.15) is 5.52 Å². The molecule has 0 amide bonds. The SMILES string of the molecule is COc1nc2cc(Cl)ccc2o1. The lowest BCUT2D eigenvalue weighted by Gasteiger charge is -1.85. The lowest BCUT2D eigenvalue weighted by Crippen LogP contribution is -1.79. The molecule has 0 bridgehead atoms. The molecule has 62 valence electrons. The zero-order valence-corrected chi connectivity index (χ0v) is 7.13. The predicted molar refractivity (Wildman–Crippen MR) is 45.6 cm³/mol. The van der Waals surface area contributed by atoms with Crippen molar-refractivity contribution in [1.82, 2.24) is 4.98 Å². The van der Waals surface area contributed by atoms with Crippen molar-refractivity contribution in [3.8, 4) is 6.08 Å². The van der Waals surface area contributed by atoms with Crippen LogP contribution in [-0.2, 0) is 0 Å². The highest BCUT2D eigenvalue weighted by molar-refractivity contribution is 6.31. The zero-order chi connectivity index (χ0) is 8.55. The van der Waals surface area contributed by atoms with Crippen LogP contribution in [0.2, 0.25) is 5.02 Å². The van der Waals surface area contributed by atoms with E-state index in [4.69, 9.17) is 20.8 Å². The number of fused-ring (bicyclic) bond motifs is 1. The fourth-order valence-corrected chi connectivity index (χ4v) is 1.13. The first-order chi connectivity index (χ1) is 5.79. The standard InChI is InChI=1S/C8H6ClNO2/c1-11-8-10-6-4-5(9)2-3-7(6)12-8/h2-4H,1H3. The molecule has 2 rings (SSSR count). The number of nitrogens with zero attached hydrogens (tertiary/aromatic N) is 1. The molecule has 0 N–H and O–H groups in total. The summed E-state index contributed by atoms with van der Waals surface area (Å²) in [6.45, 7) is 0. The van der Waals surface area contributed by atoms with Crippen LogP contribution in [0.15, 0.2) is 22.6 Å². The quantitative estimate of drug-likeness (QED) is 0.682. The molecule has 0 aliphatic heterocycles. The predicted octanol–water partition coefficient (Wildman–Crippen LogP) is 2.49. The molecule has 0 spiro atoms. The molecule has 2 aromatic rings. The van der Waals surface area contributed by atoms with Crippen molar-refractivity contribution in [2.75, 3.05) is 7.11 Å². The number of hydrogen-bond acceptors (Lipinski definition) is 3. The van der Waals surface area contributed by atoms with Gasteiger partial charge < -0.3 is 9.15 Å². The maximum atomic E-state index is 5.75. The normalized spacial score (nSPS) is 10.5. The molecule has 1 heterocycles. The van der Waals surface area contributed by atoms with E-state index in [1.807, 2.05) is 0 Å². The van der Waals surface area contributed by atoms with Crippen LogP contribution in [0.4, 0.5) is 0 Å².